The lowest BCUT2D eigenvalue weighted by molar-refractivity contribution is 0.0519. The number of rotatable bonds is 1. The molecule has 2 fully saturated rings. The highest BCUT2D eigenvalue weighted by Crippen LogP contribution is 2.36. The third kappa shape index (κ3) is 2.28. The molecular weight excluding hydrogens is 240 g/mol. The fourth-order valence-electron chi connectivity index (χ4n) is 3.73. The highest BCUT2D eigenvalue weighted by molar-refractivity contribution is 5.96. The summed E-state index contributed by atoms with van der Waals surface area (Å²) < 4.78 is 5.12. The largest absolute Gasteiger partial charge is 0.361 e. The average Bonchev–Trinajstić information content (AvgIpc) is 2.77. The van der Waals surface area contributed by atoms with Crippen LogP contribution in [0.15, 0.2) is 4.52 Å². The van der Waals surface area contributed by atoms with Crippen molar-refractivity contribution in [3.63, 3.8) is 0 Å². The SMILES string of the molecule is Cc1noc(C)c1C(=O)N1CC[C@H]2CCCC[C@@H]2C1. The predicted molar refractivity (Wildman–Crippen MR) is 71.9 cm³/mol. The average molecular weight is 262 g/mol. The summed E-state index contributed by atoms with van der Waals surface area (Å²) in [5.41, 5.74) is 1.39. The summed E-state index contributed by atoms with van der Waals surface area (Å²) in [5, 5.41) is 3.89. The molecule has 0 spiro atoms. The molecule has 1 aliphatic heterocycles. The van der Waals surface area contributed by atoms with Gasteiger partial charge in [-0.25, -0.2) is 0 Å². The van der Waals surface area contributed by atoms with Crippen LogP contribution in [0.3, 0.4) is 0 Å². The number of carbonyl (C=O) groups is 1. The predicted octanol–water partition coefficient (Wildman–Crippen LogP) is 2.94. The maximum Gasteiger partial charge on any atom is 0.259 e. The Morgan fingerprint density at radius 3 is 2.63 bits per heavy atom. The number of carbonyl (C=O) groups excluding carboxylic acids is 1. The molecule has 1 saturated carbocycles. The van der Waals surface area contributed by atoms with E-state index in [0.29, 0.717) is 22.9 Å². The summed E-state index contributed by atoms with van der Waals surface area (Å²) in [6.45, 7) is 5.48. The molecule has 4 heteroatoms. The molecule has 0 radical (unpaired) electrons. The van der Waals surface area contributed by atoms with Gasteiger partial charge in [0.05, 0.1) is 5.69 Å². The van der Waals surface area contributed by atoms with Crippen LogP contribution in [0.5, 0.6) is 0 Å². The minimum absolute atomic E-state index is 0.111. The van der Waals surface area contributed by atoms with Gasteiger partial charge in [-0.15, -0.1) is 0 Å². The summed E-state index contributed by atoms with van der Waals surface area (Å²) in [6, 6.07) is 0. The Balaban J connectivity index is 1.74. The molecule has 2 aliphatic rings. The molecular formula is C15H22N2O2. The zero-order chi connectivity index (χ0) is 13.4. The maximum absolute atomic E-state index is 12.6. The number of hydrogen-bond acceptors (Lipinski definition) is 3. The zero-order valence-corrected chi connectivity index (χ0v) is 11.8. The first-order valence-electron chi connectivity index (χ1n) is 7.39. The van der Waals surface area contributed by atoms with Crippen molar-refractivity contribution in [2.24, 2.45) is 11.8 Å². The lowest BCUT2D eigenvalue weighted by Gasteiger charge is -2.41. The number of hydrogen-bond donors (Lipinski definition) is 0. The van der Waals surface area contributed by atoms with Gasteiger partial charge in [0.2, 0.25) is 0 Å². The van der Waals surface area contributed by atoms with E-state index in [1.807, 2.05) is 18.7 Å². The minimum atomic E-state index is 0.111. The molecule has 4 nitrogen and oxygen atoms in total. The van der Waals surface area contributed by atoms with Crippen molar-refractivity contribution < 1.29 is 9.32 Å². The van der Waals surface area contributed by atoms with E-state index in [2.05, 4.69) is 5.16 Å². The van der Waals surface area contributed by atoms with Gasteiger partial charge in [0.25, 0.3) is 5.91 Å². The third-order valence-electron chi connectivity index (χ3n) is 4.83. The number of aromatic nitrogens is 1. The topological polar surface area (TPSA) is 46.3 Å². The van der Waals surface area contributed by atoms with Crippen molar-refractivity contribution in [2.75, 3.05) is 13.1 Å². The standard InChI is InChI=1S/C15H22N2O2/c1-10-14(11(2)19-16-10)15(18)17-8-7-12-5-3-4-6-13(12)9-17/h12-13H,3-9H2,1-2H3/t12-,13-/m1/s1. The first-order chi connectivity index (χ1) is 9.16. The first kappa shape index (κ1) is 12.7. The second-order valence-corrected chi connectivity index (χ2v) is 6.04. The van der Waals surface area contributed by atoms with Gasteiger partial charge >= 0.3 is 0 Å². The Morgan fingerprint density at radius 1 is 1.21 bits per heavy atom. The Bertz CT molecular complexity index is 461. The number of piperidine rings is 1. The van der Waals surface area contributed by atoms with Crippen LogP contribution < -0.4 is 0 Å². The first-order valence-corrected chi connectivity index (χ1v) is 7.39. The van der Waals surface area contributed by atoms with E-state index in [-0.39, 0.29) is 5.91 Å². The van der Waals surface area contributed by atoms with Crippen LogP contribution in [0.25, 0.3) is 0 Å². The molecule has 1 saturated heterocycles. The summed E-state index contributed by atoms with van der Waals surface area (Å²) in [6.07, 6.45) is 6.52. The second kappa shape index (κ2) is 4.99. The van der Waals surface area contributed by atoms with Crippen LogP contribution >= 0.6 is 0 Å². The molecule has 1 aromatic heterocycles. The Hall–Kier alpha value is -1.32. The molecule has 0 unspecified atom stereocenters. The summed E-state index contributed by atoms with van der Waals surface area (Å²) in [4.78, 5) is 14.6. The van der Waals surface area contributed by atoms with Crippen molar-refractivity contribution in [2.45, 2.75) is 46.0 Å². The molecule has 0 bridgehead atoms. The monoisotopic (exact) mass is 262 g/mol. The maximum atomic E-state index is 12.6. The smallest absolute Gasteiger partial charge is 0.259 e. The summed E-state index contributed by atoms with van der Waals surface area (Å²) in [5.74, 6) is 2.32. The highest BCUT2D eigenvalue weighted by Gasteiger charge is 2.34. The van der Waals surface area contributed by atoms with E-state index < -0.39 is 0 Å². The van der Waals surface area contributed by atoms with Crippen LogP contribution in [0, 0.1) is 25.7 Å². The van der Waals surface area contributed by atoms with Gasteiger partial charge in [-0.05, 0) is 38.5 Å². The quantitative estimate of drug-likeness (QED) is 0.781. The summed E-state index contributed by atoms with van der Waals surface area (Å²) >= 11 is 0. The number of nitrogens with zero attached hydrogens (tertiary/aromatic N) is 2. The van der Waals surface area contributed by atoms with Gasteiger partial charge in [-0.1, -0.05) is 24.4 Å². The molecule has 1 aliphatic carbocycles. The van der Waals surface area contributed by atoms with Gasteiger partial charge in [-0.3, -0.25) is 4.79 Å². The molecule has 19 heavy (non-hydrogen) atoms. The normalized spacial score (nSPS) is 27.2. The number of aryl methyl sites for hydroxylation is 2. The van der Waals surface area contributed by atoms with Crippen LogP contribution in [-0.4, -0.2) is 29.1 Å². The van der Waals surface area contributed by atoms with Crippen molar-refractivity contribution in [3.05, 3.63) is 17.0 Å². The Kier molecular flexibility index (Phi) is 3.33. The lowest BCUT2D eigenvalue weighted by atomic mass is 9.75. The molecule has 2 atom stereocenters. The van der Waals surface area contributed by atoms with Crippen LogP contribution in [-0.2, 0) is 0 Å². The van der Waals surface area contributed by atoms with Gasteiger partial charge in [-0.2, -0.15) is 0 Å². The fraction of sp³-hybridized carbons (Fsp3) is 0.733. The van der Waals surface area contributed by atoms with E-state index in [9.17, 15) is 4.79 Å². The van der Waals surface area contributed by atoms with E-state index in [1.54, 1.807) is 0 Å². The van der Waals surface area contributed by atoms with E-state index in [1.165, 1.54) is 32.1 Å². The minimum Gasteiger partial charge on any atom is -0.361 e. The fourth-order valence-corrected chi connectivity index (χ4v) is 3.73. The van der Waals surface area contributed by atoms with Gasteiger partial charge < -0.3 is 9.42 Å². The Labute approximate surface area is 114 Å². The molecule has 0 aromatic carbocycles. The van der Waals surface area contributed by atoms with Crippen LogP contribution in [0.4, 0.5) is 0 Å². The van der Waals surface area contributed by atoms with Crippen molar-refractivity contribution in [1.29, 1.82) is 0 Å². The van der Waals surface area contributed by atoms with Crippen LogP contribution in [0.2, 0.25) is 0 Å². The number of likely N-dealkylation sites (tertiary alicyclic amines) is 1. The van der Waals surface area contributed by atoms with E-state index >= 15 is 0 Å². The van der Waals surface area contributed by atoms with Crippen LogP contribution in [0.1, 0.15) is 53.9 Å². The third-order valence-corrected chi connectivity index (χ3v) is 4.83. The molecule has 0 N–H and O–H groups in total. The van der Waals surface area contributed by atoms with Gasteiger partial charge in [0.15, 0.2) is 0 Å². The number of fused-ring (bicyclic) bond motifs is 1. The van der Waals surface area contributed by atoms with E-state index in [0.717, 1.165) is 19.0 Å². The van der Waals surface area contributed by atoms with Crippen molar-refractivity contribution in [3.8, 4) is 0 Å². The van der Waals surface area contributed by atoms with E-state index in [4.69, 9.17) is 4.52 Å². The second-order valence-electron chi connectivity index (χ2n) is 6.04. The summed E-state index contributed by atoms with van der Waals surface area (Å²) in [7, 11) is 0. The molecule has 1 aromatic rings. The number of amides is 1. The van der Waals surface area contributed by atoms with Gasteiger partial charge in [0.1, 0.15) is 11.3 Å². The molecule has 1 amide bonds. The Morgan fingerprint density at radius 2 is 1.95 bits per heavy atom. The highest BCUT2D eigenvalue weighted by atomic mass is 16.5. The van der Waals surface area contributed by atoms with Gasteiger partial charge in [0, 0.05) is 13.1 Å². The molecule has 3 rings (SSSR count). The van der Waals surface area contributed by atoms with Crippen molar-refractivity contribution >= 4 is 5.91 Å². The zero-order valence-electron chi connectivity index (χ0n) is 11.8. The lowest BCUT2D eigenvalue weighted by Crippen LogP contribution is -2.45. The van der Waals surface area contributed by atoms with Crippen molar-refractivity contribution in [1.82, 2.24) is 10.1 Å². The molecule has 2 heterocycles. The molecule has 104 valence electrons.